The molecule has 0 saturated heterocycles. The molecule has 0 radical (unpaired) electrons. The number of nitrogens with one attached hydrogen (secondary N) is 1. The van der Waals surface area contributed by atoms with Gasteiger partial charge in [-0.05, 0) is 43.7 Å². The Morgan fingerprint density at radius 1 is 1.14 bits per heavy atom. The van der Waals surface area contributed by atoms with Crippen LogP contribution >= 0.6 is 11.6 Å². The van der Waals surface area contributed by atoms with Crippen molar-refractivity contribution in [3.05, 3.63) is 64.7 Å². The summed E-state index contributed by atoms with van der Waals surface area (Å²) in [6.07, 6.45) is 0. The van der Waals surface area contributed by atoms with E-state index in [1.165, 1.54) is 19.1 Å². The highest BCUT2D eigenvalue weighted by Gasteiger charge is 2.19. The summed E-state index contributed by atoms with van der Waals surface area (Å²) in [5.74, 6) is -0.181. The third kappa shape index (κ3) is 3.94. The number of benzene rings is 2. The van der Waals surface area contributed by atoms with E-state index in [0.717, 1.165) is 5.56 Å². The second-order valence-electron chi connectivity index (χ2n) is 4.98. The summed E-state index contributed by atoms with van der Waals surface area (Å²) < 4.78 is 27.4. The first kappa shape index (κ1) is 16.7. The van der Waals surface area contributed by atoms with E-state index in [-0.39, 0.29) is 10.7 Å². The lowest BCUT2D eigenvalue weighted by atomic mass is 10.1. The second kappa shape index (κ2) is 6.60. The molecule has 2 rings (SSSR count). The number of carbonyl (C=O) groups excluding carboxylic acids is 1. The summed E-state index contributed by atoms with van der Waals surface area (Å²) in [6, 6.07) is 12.5. The van der Waals surface area contributed by atoms with Gasteiger partial charge in [0, 0.05) is 16.6 Å². The molecule has 6 heteroatoms. The van der Waals surface area contributed by atoms with Crippen LogP contribution in [0.3, 0.4) is 0 Å². The zero-order chi connectivity index (χ0) is 16.3. The lowest BCUT2D eigenvalue weighted by molar-refractivity contribution is 0.101. The zero-order valence-corrected chi connectivity index (χ0v) is 13.8. The van der Waals surface area contributed by atoms with Gasteiger partial charge in [0.15, 0.2) is 5.78 Å². The van der Waals surface area contributed by atoms with Crippen LogP contribution in [0.2, 0.25) is 5.02 Å². The predicted molar refractivity (Wildman–Crippen MR) is 86.6 cm³/mol. The van der Waals surface area contributed by atoms with Gasteiger partial charge in [0.25, 0.3) is 0 Å². The van der Waals surface area contributed by atoms with Crippen molar-refractivity contribution in [3.8, 4) is 0 Å². The van der Waals surface area contributed by atoms with Crippen LogP contribution in [-0.4, -0.2) is 14.2 Å². The molecule has 1 atom stereocenters. The van der Waals surface area contributed by atoms with Crippen molar-refractivity contribution in [2.75, 3.05) is 0 Å². The average Bonchev–Trinajstić information content (AvgIpc) is 2.47. The maximum Gasteiger partial charge on any atom is 0.241 e. The number of halogens is 1. The monoisotopic (exact) mass is 337 g/mol. The summed E-state index contributed by atoms with van der Waals surface area (Å²) in [5, 5.41) is 0.544. The van der Waals surface area contributed by atoms with E-state index in [9.17, 15) is 13.2 Å². The SMILES string of the molecule is CC(=O)c1cccc(S(=O)(=O)N[C@@H](C)c2cccc(Cl)c2)c1. The van der Waals surface area contributed by atoms with Crippen LogP contribution in [-0.2, 0) is 10.0 Å². The van der Waals surface area contributed by atoms with Crippen LogP contribution in [0.5, 0.6) is 0 Å². The van der Waals surface area contributed by atoms with Crippen molar-refractivity contribution < 1.29 is 13.2 Å². The van der Waals surface area contributed by atoms with Crippen LogP contribution < -0.4 is 4.72 Å². The first-order chi connectivity index (χ1) is 10.3. The van der Waals surface area contributed by atoms with Gasteiger partial charge in [-0.25, -0.2) is 13.1 Å². The van der Waals surface area contributed by atoms with E-state index in [1.807, 2.05) is 0 Å². The summed E-state index contributed by atoms with van der Waals surface area (Å²) in [5.41, 5.74) is 1.12. The highest BCUT2D eigenvalue weighted by molar-refractivity contribution is 7.89. The standard InChI is InChI=1S/C16H16ClNO3S/c1-11(13-5-3-7-15(17)9-13)18-22(20,21)16-8-4-6-14(10-16)12(2)19/h3-11,18H,1-2H3/t11-/m0/s1. The van der Waals surface area contributed by atoms with Crippen molar-refractivity contribution in [1.29, 1.82) is 0 Å². The molecule has 4 nitrogen and oxygen atoms in total. The van der Waals surface area contributed by atoms with Gasteiger partial charge in [0.05, 0.1) is 4.90 Å². The van der Waals surface area contributed by atoms with E-state index >= 15 is 0 Å². The van der Waals surface area contributed by atoms with Crippen molar-refractivity contribution in [2.45, 2.75) is 24.8 Å². The molecule has 116 valence electrons. The normalized spacial score (nSPS) is 12.9. The van der Waals surface area contributed by atoms with Gasteiger partial charge in [-0.2, -0.15) is 0 Å². The molecule has 0 aromatic heterocycles. The highest BCUT2D eigenvalue weighted by atomic mass is 35.5. The van der Waals surface area contributed by atoms with Gasteiger partial charge in [-0.1, -0.05) is 35.9 Å². The molecule has 0 fully saturated rings. The number of ketones is 1. The van der Waals surface area contributed by atoms with Gasteiger partial charge in [0.2, 0.25) is 10.0 Å². The lowest BCUT2D eigenvalue weighted by Gasteiger charge is -2.15. The van der Waals surface area contributed by atoms with E-state index in [2.05, 4.69) is 4.72 Å². The summed E-state index contributed by atoms with van der Waals surface area (Å²) >= 11 is 5.92. The van der Waals surface area contributed by atoms with Gasteiger partial charge < -0.3 is 0 Å². The van der Waals surface area contributed by atoms with Crippen LogP contribution in [0.4, 0.5) is 0 Å². The molecule has 0 heterocycles. The molecule has 0 saturated carbocycles. The number of hydrogen-bond acceptors (Lipinski definition) is 3. The van der Waals surface area contributed by atoms with Crippen LogP contribution in [0.15, 0.2) is 53.4 Å². The van der Waals surface area contributed by atoms with Crippen LogP contribution in [0.25, 0.3) is 0 Å². The van der Waals surface area contributed by atoms with Gasteiger partial charge >= 0.3 is 0 Å². The first-order valence-electron chi connectivity index (χ1n) is 6.68. The number of hydrogen-bond donors (Lipinski definition) is 1. The number of rotatable bonds is 5. The quantitative estimate of drug-likeness (QED) is 0.848. The largest absolute Gasteiger partial charge is 0.295 e. The van der Waals surface area contributed by atoms with Crippen molar-refractivity contribution in [2.24, 2.45) is 0 Å². The molecule has 0 aliphatic rings. The minimum atomic E-state index is -3.72. The maximum atomic E-state index is 12.4. The number of sulfonamides is 1. The Balaban J connectivity index is 2.27. The molecule has 0 aliphatic heterocycles. The molecule has 0 unspecified atom stereocenters. The van der Waals surface area contributed by atoms with Crippen molar-refractivity contribution in [1.82, 2.24) is 4.72 Å². The van der Waals surface area contributed by atoms with Gasteiger partial charge in [0.1, 0.15) is 0 Å². The molecule has 0 amide bonds. The molecule has 22 heavy (non-hydrogen) atoms. The summed E-state index contributed by atoms with van der Waals surface area (Å²) in [4.78, 5) is 11.4. The van der Waals surface area contributed by atoms with Crippen LogP contribution in [0.1, 0.15) is 35.8 Å². The van der Waals surface area contributed by atoms with Gasteiger partial charge in [-0.3, -0.25) is 4.79 Å². The fourth-order valence-corrected chi connectivity index (χ4v) is 3.50. The molecule has 1 N–H and O–H groups in total. The van der Waals surface area contributed by atoms with Gasteiger partial charge in [-0.15, -0.1) is 0 Å². The molecule has 2 aromatic rings. The topological polar surface area (TPSA) is 63.2 Å². The van der Waals surface area contributed by atoms with Crippen LogP contribution in [0, 0.1) is 0 Å². The Morgan fingerprint density at radius 2 is 1.82 bits per heavy atom. The summed E-state index contributed by atoms with van der Waals surface area (Å²) in [6.45, 7) is 3.13. The third-order valence-electron chi connectivity index (χ3n) is 3.23. The molecule has 0 bridgehead atoms. The average molecular weight is 338 g/mol. The molecular weight excluding hydrogens is 322 g/mol. The van der Waals surface area contributed by atoms with E-state index < -0.39 is 16.1 Å². The first-order valence-corrected chi connectivity index (χ1v) is 8.54. The Hall–Kier alpha value is -1.69. The van der Waals surface area contributed by atoms with Crippen molar-refractivity contribution in [3.63, 3.8) is 0 Å². The summed E-state index contributed by atoms with van der Waals surface area (Å²) in [7, 11) is -3.72. The fraction of sp³-hybridized carbons (Fsp3) is 0.188. The Kier molecular flexibility index (Phi) is 5.01. The third-order valence-corrected chi connectivity index (χ3v) is 5.00. The number of Topliss-reactive ketones (excluding diaryl/α,β-unsaturated/α-hetero) is 1. The van der Waals surface area contributed by atoms with E-state index in [0.29, 0.717) is 10.6 Å². The lowest BCUT2D eigenvalue weighted by Crippen LogP contribution is -2.27. The second-order valence-corrected chi connectivity index (χ2v) is 7.13. The number of carbonyl (C=O) groups is 1. The van der Waals surface area contributed by atoms with Crippen molar-refractivity contribution >= 4 is 27.4 Å². The minimum absolute atomic E-state index is 0.0640. The fourth-order valence-electron chi connectivity index (χ4n) is 2.03. The minimum Gasteiger partial charge on any atom is -0.295 e. The van der Waals surface area contributed by atoms with E-state index in [4.69, 9.17) is 11.6 Å². The Labute approximate surface area is 135 Å². The zero-order valence-electron chi connectivity index (χ0n) is 12.2. The molecular formula is C16H16ClNO3S. The maximum absolute atomic E-state index is 12.4. The molecule has 0 spiro atoms. The van der Waals surface area contributed by atoms with E-state index in [1.54, 1.807) is 43.3 Å². The Morgan fingerprint density at radius 3 is 2.45 bits per heavy atom. The molecule has 2 aromatic carbocycles. The molecule has 0 aliphatic carbocycles. The predicted octanol–water partition coefficient (Wildman–Crippen LogP) is 3.58. The smallest absolute Gasteiger partial charge is 0.241 e. The highest BCUT2D eigenvalue weighted by Crippen LogP contribution is 2.20. The Bertz CT molecular complexity index is 803.